The number of rotatable bonds is 7. The van der Waals surface area contributed by atoms with Crippen LogP contribution in [0.3, 0.4) is 0 Å². The van der Waals surface area contributed by atoms with Crippen molar-refractivity contribution in [2.75, 3.05) is 31.5 Å². The topological polar surface area (TPSA) is 88.5 Å². The number of esters is 1. The number of aromatic nitrogens is 1. The number of carbonyl (C=O) groups excluding carboxylic acids is 2. The molecule has 2 N–H and O–H groups in total. The third kappa shape index (κ3) is 4.74. The van der Waals surface area contributed by atoms with Gasteiger partial charge in [0.15, 0.2) is 17.8 Å². The number of piperidine rings is 3. The summed E-state index contributed by atoms with van der Waals surface area (Å²) < 4.78 is 6.66. The lowest BCUT2D eigenvalue weighted by Crippen LogP contribution is -2.66. The molecular formula is C27H30N3O4S+. The number of hydrogen-bond donors (Lipinski definition) is 2. The zero-order valence-corrected chi connectivity index (χ0v) is 20.5. The first-order valence-electron chi connectivity index (χ1n) is 12.0. The van der Waals surface area contributed by atoms with E-state index in [2.05, 4.69) is 10.3 Å². The van der Waals surface area contributed by atoms with Crippen LogP contribution in [0.15, 0.2) is 66.0 Å². The average Bonchev–Trinajstić information content (AvgIpc) is 3.29. The van der Waals surface area contributed by atoms with Crippen molar-refractivity contribution in [1.29, 1.82) is 0 Å². The molecule has 3 aliphatic rings. The van der Waals surface area contributed by atoms with E-state index in [1.54, 1.807) is 48.5 Å². The van der Waals surface area contributed by atoms with Crippen LogP contribution in [-0.4, -0.2) is 58.7 Å². The van der Waals surface area contributed by atoms with Crippen LogP contribution in [0.5, 0.6) is 0 Å². The number of nitrogens with zero attached hydrogens (tertiary/aromatic N) is 2. The van der Waals surface area contributed by atoms with Gasteiger partial charge >= 0.3 is 5.97 Å². The van der Waals surface area contributed by atoms with Gasteiger partial charge < -0.3 is 14.3 Å². The molecule has 2 bridgehead atoms. The minimum Gasteiger partial charge on any atom is -0.453 e. The number of anilines is 1. The molecule has 0 unspecified atom stereocenters. The lowest BCUT2D eigenvalue weighted by atomic mass is 9.82. The molecule has 0 aliphatic carbocycles. The molecule has 6 rings (SSSR count). The van der Waals surface area contributed by atoms with E-state index in [9.17, 15) is 14.7 Å². The highest BCUT2D eigenvalue weighted by Crippen LogP contribution is 2.38. The van der Waals surface area contributed by atoms with Gasteiger partial charge in [-0.25, -0.2) is 9.78 Å². The van der Waals surface area contributed by atoms with Crippen molar-refractivity contribution in [3.05, 3.63) is 82.9 Å². The number of ether oxygens (including phenoxy) is 1. The van der Waals surface area contributed by atoms with E-state index in [0.717, 1.165) is 31.6 Å². The predicted molar refractivity (Wildman–Crippen MR) is 134 cm³/mol. The van der Waals surface area contributed by atoms with Crippen LogP contribution in [0.1, 0.15) is 29.7 Å². The Morgan fingerprint density at radius 1 is 1.09 bits per heavy atom. The largest absolute Gasteiger partial charge is 0.453 e. The second kappa shape index (κ2) is 9.53. The van der Waals surface area contributed by atoms with Crippen LogP contribution in [0, 0.1) is 12.8 Å². The Hall–Kier alpha value is -3.07. The highest BCUT2D eigenvalue weighted by Gasteiger charge is 2.51. The van der Waals surface area contributed by atoms with Gasteiger partial charge in [-0.15, -0.1) is 11.3 Å². The highest BCUT2D eigenvalue weighted by molar-refractivity contribution is 7.13. The lowest BCUT2D eigenvalue weighted by molar-refractivity contribution is -0.939. The van der Waals surface area contributed by atoms with E-state index < -0.39 is 11.6 Å². The van der Waals surface area contributed by atoms with Crippen molar-refractivity contribution < 1.29 is 23.9 Å². The van der Waals surface area contributed by atoms with E-state index in [1.807, 2.05) is 24.4 Å². The lowest BCUT2D eigenvalue weighted by Gasteiger charge is -2.51. The van der Waals surface area contributed by atoms with Crippen molar-refractivity contribution in [2.45, 2.75) is 31.5 Å². The fourth-order valence-corrected chi connectivity index (χ4v) is 6.14. The fraction of sp³-hybridized carbons (Fsp3) is 0.370. The molecule has 0 radical (unpaired) electrons. The molecule has 0 saturated carbocycles. The van der Waals surface area contributed by atoms with Gasteiger partial charge in [-0.1, -0.05) is 60.7 Å². The Kier molecular flexibility index (Phi) is 6.44. The Morgan fingerprint density at radius 2 is 1.69 bits per heavy atom. The summed E-state index contributed by atoms with van der Waals surface area (Å²) in [6, 6.07) is 17.8. The number of fused-ring (bicyclic) bond motifs is 3. The molecule has 4 heterocycles. The Bertz CT molecular complexity index is 1150. The van der Waals surface area contributed by atoms with Gasteiger partial charge in [-0.3, -0.25) is 10.1 Å². The average molecular weight is 493 g/mol. The summed E-state index contributed by atoms with van der Waals surface area (Å²) in [5.74, 6) is -0.510. The van der Waals surface area contributed by atoms with Crippen molar-refractivity contribution >= 4 is 28.3 Å². The quantitative estimate of drug-likeness (QED) is 0.390. The van der Waals surface area contributed by atoms with Crippen molar-refractivity contribution in [1.82, 2.24) is 4.98 Å². The zero-order chi connectivity index (χ0) is 24.5. The maximum Gasteiger partial charge on any atom is 0.348 e. The molecule has 3 fully saturated rings. The minimum atomic E-state index is -1.90. The number of quaternary nitrogens is 1. The maximum atomic E-state index is 13.6. The summed E-state index contributed by atoms with van der Waals surface area (Å²) >= 11 is 1.42. The van der Waals surface area contributed by atoms with Crippen LogP contribution in [0.4, 0.5) is 5.13 Å². The standard InChI is InChI=1S/C27H29N3O4S/c1-19-18-35-26(28-19)29-24(31)17-30-14-12-20(13-15-30)23(16-30)34-25(32)27(33,21-8-4-2-5-9-21)22-10-6-3-7-11-22/h2-11,18,20,23,33H,12-17H2,1H3/p+1/t20?,23-,30?/m0/s1. The van der Waals surface area contributed by atoms with E-state index >= 15 is 0 Å². The van der Waals surface area contributed by atoms with Gasteiger partial charge in [0.25, 0.3) is 5.91 Å². The number of carbonyl (C=O) groups is 2. The SMILES string of the molecule is Cc1csc(NC(=O)C[N+]23CCC(CC2)[C@@H](OC(=O)C(O)(c2ccccc2)c2ccccc2)C3)n1. The minimum absolute atomic E-state index is 0.0742. The van der Waals surface area contributed by atoms with Gasteiger partial charge in [0.2, 0.25) is 5.60 Å². The van der Waals surface area contributed by atoms with Crippen LogP contribution in [0.25, 0.3) is 0 Å². The van der Waals surface area contributed by atoms with E-state index in [0.29, 0.717) is 33.8 Å². The normalized spacial score (nSPS) is 23.6. The molecule has 8 heteroatoms. The first kappa shape index (κ1) is 23.7. The third-order valence-electron chi connectivity index (χ3n) is 7.32. The van der Waals surface area contributed by atoms with Gasteiger partial charge in [0, 0.05) is 24.1 Å². The summed E-state index contributed by atoms with van der Waals surface area (Å²) in [6.07, 6.45) is 1.42. The monoisotopic (exact) mass is 492 g/mol. The second-order valence-corrected chi connectivity index (χ2v) is 10.6. The fourth-order valence-electron chi connectivity index (χ4n) is 5.44. The molecule has 1 aromatic heterocycles. The molecule has 2 aromatic carbocycles. The van der Waals surface area contributed by atoms with Crippen LogP contribution in [-0.2, 0) is 19.9 Å². The summed E-state index contributed by atoms with van der Waals surface area (Å²) in [5, 5.41) is 17.2. The Labute approximate surface area is 209 Å². The predicted octanol–water partition coefficient (Wildman–Crippen LogP) is 3.48. The van der Waals surface area contributed by atoms with Gasteiger partial charge in [0.1, 0.15) is 6.54 Å². The van der Waals surface area contributed by atoms with Gasteiger partial charge in [-0.05, 0) is 18.1 Å². The number of nitrogens with one attached hydrogen (secondary N) is 1. The van der Waals surface area contributed by atoms with E-state index in [1.165, 1.54) is 11.3 Å². The highest BCUT2D eigenvalue weighted by atomic mass is 32.1. The number of benzene rings is 2. The Balaban J connectivity index is 1.33. The number of thiazole rings is 1. The number of amides is 1. The van der Waals surface area contributed by atoms with Gasteiger partial charge in [-0.2, -0.15) is 0 Å². The first-order chi connectivity index (χ1) is 16.9. The molecule has 3 saturated heterocycles. The van der Waals surface area contributed by atoms with Crippen molar-refractivity contribution in [3.8, 4) is 0 Å². The number of hydrogen-bond acceptors (Lipinski definition) is 6. The number of aryl methyl sites for hydroxylation is 1. The van der Waals surface area contributed by atoms with E-state index in [4.69, 9.17) is 4.74 Å². The molecule has 182 valence electrons. The van der Waals surface area contributed by atoms with Crippen LogP contribution in [0.2, 0.25) is 0 Å². The van der Waals surface area contributed by atoms with Crippen LogP contribution >= 0.6 is 11.3 Å². The summed E-state index contributed by atoms with van der Waals surface area (Å²) in [4.78, 5) is 30.8. The third-order valence-corrected chi connectivity index (χ3v) is 8.20. The van der Waals surface area contributed by atoms with E-state index in [-0.39, 0.29) is 17.9 Å². The molecule has 1 amide bonds. The maximum absolute atomic E-state index is 13.6. The summed E-state index contributed by atoms with van der Waals surface area (Å²) in [7, 11) is 0. The molecule has 35 heavy (non-hydrogen) atoms. The molecule has 3 aromatic rings. The first-order valence-corrected chi connectivity index (χ1v) is 12.9. The van der Waals surface area contributed by atoms with Crippen LogP contribution < -0.4 is 5.32 Å². The zero-order valence-electron chi connectivity index (χ0n) is 19.7. The smallest absolute Gasteiger partial charge is 0.348 e. The Morgan fingerprint density at radius 3 is 2.23 bits per heavy atom. The molecule has 0 spiro atoms. The van der Waals surface area contributed by atoms with Crippen molar-refractivity contribution in [2.24, 2.45) is 5.92 Å². The van der Waals surface area contributed by atoms with Gasteiger partial charge in [0.05, 0.1) is 18.8 Å². The molecular weight excluding hydrogens is 462 g/mol. The summed E-state index contributed by atoms with van der Waals surface area (Å²) in [6.45, 7) is 4.55. The molecule has 7 nitrogen and oxygen atoms in total. The van der Waals surface area contributed by atoms with Crippen molar-refractivity contribution in [3.63, 3.8) is 0 Å². The molecule has 3 aliphatic heterocycles. The summed E-state index contributed by atoms with van der Waals surface area (Å²) in [5.41, 5.74) is -0.0779. The second-order valence-electron chi connectivity index (χ2n) is 9.70. The number of aliphatic hydroxyl groups is 1. The molecule has 1 atom stereocenters.